The normalized spacial score (nSPS) is 12.4. The summed E-state index contributed by atoms with van der Waals surface area (Å²) in [7, 11) is 0. The molecular weight excluding hydrogens is 285 g/mol. The van der Waals surface area contributed by atoms with Crippen molar-refractivity contribution in [1.29, 1.82) is 0 Å². The van der Waals surface area contributed by atoms with Gasteiger partial charge in [-0.15, -0.1) is 0 Å². The average Bonchev–Trinajstić information content (AvgIpc) is 2.47. The summed E-state index contributed by atoms with van der Waals surface area (Å²) in [5, 5.41) is 3.70. The summed E-state index contributed by atoms with van der Waals surface area (Å²) in [5.74, 6) is -0.379. The van der Waals surface area contributed by atoms with Gasteiger partial charge in [0.2, 0.25) is 0 Å². The molecule has 0 saturated carbocycles. The van der Waals surface area contributed by atoms with Gasteiger partial charge in [-0.2, -0.15) is 0 Å². The third-order valence-electron chi connectivity index (χ3n) is 3.83. The molecule has 1 nitrogen and oxygen atoms in total. The van der Waals surface area contributed by atoms with Crippen LogP contribution in [-0.2, 0) is 0 Å². The Morgan fingerprint density at radius 2 is 1.95 bits per heavy atom. The van der Waals surface area contributed by atoms with Gasteiger partial charge in [0.15, 0.2) is 0 Å². The molecule has 0 heterocycles. The van der Waals surface area contributed by atoms with Gasteiger partial charge < -0.3 is 5.32 Å². The van der Waals surface area contributed by atoms with Crippen molar-refractivity contribution in [3.05, 3.63) is 69.5 Å². The van der Waals surface area contributed by atoms with Crippen molar-refractivity contribution in [3.63, 3.8) is 0 Å². The quantitative estimate of drug-likeness (QED) is 0.802. The summed E-state index contributed by atoms with van der Waals surface area (Å²) in [6, 6.07) is 11.3. The molecular formula is C18H21ClFN. The van der Waals surface area contributed by atoms with Crippen LogP contribution < -0.4 is 5.32 Å². The highest BCUT2D eigenvalue weighted by Crippen LogP contribution is 2.29. The lowest BCUT2D eigenvalue weighted by molar-refractivity contribution is 0.591. The molecule has 112 valence electrons. The minimum Gasteiger partial charge on any atom is -0.306 e. The predicted octanol–water partition coefficient (Wildman–Crippen LogP) is 5.18. The highest BCUT2D eigenvalue weighted by Gasteiger charge is 2.17. The number of rotatable bonds is 5. The number of halogens is 2. The molecule has 1 N–H and O–H groups in total. The first-order valence-electron chi connectivity index (χ1n) is 7.29. The number of nitrogens with one attached hydrogen (secondary N) is 1. The zero-order valence-electron chi connectivity index (χ0n) is 12.7. The van der Waals surface area contributed by atoms with Crippen LogP contribution in [0.15, 0.2) is 36.4 Å². The minimum absolute atomic E-state index is 0.0305. The van der Waals surface area contributed by atoms with Crippen LogP contribution in [-0.4, -0.2) is 6.54 Å². The summed E-state index contributed by atoms with van der Waals surface area (Å²) in [6.45, 7) is 7.25. The number of hydrogen-bond acceptors (Lipinski definition) is 1. The Morgan fingerprint density at radius 1 is 1.19 bits per heavy atom. The van der Waals surface area contributed by atoms with Crippen LogP contribution >= 0.6 is 11.6 Å². The standard InChI is InChI=1S/C18H21ClFN/c1-4-10-21-18(14-8-9-17(20)16(19)11-14)15-7-5-6-12(2)13(15)3/h5-9,11,18,21H,4,10H2,1-3H3. The molecule has 3 heteroatoms. The number of benzene rings is 2. The molecule has 0 bridgehead atoms. The third kappa shape index (κ3) is 3.63. The second kappa shape index (κ2) is 7.06. The van der Waals surface area contributed by atoms with E-state index in [1.54, 1.807) is 12.1 Å². The van der Waals surface area contributed by atoms with E-state index in [1.165, 1.54) is 22.8 Å². The van der Waals surface area contributed by atoms with E-state index in [0.717, 1.165) is 18.5 Å². The number of aryl methyl sites for hydroxylation is 1. The Hall–Kier alpha value is -1.38. The SMILES string of the molecule is CCCNC(c1ccc(F)c(Cl)c1)c1cccc(C)c1C. The summed E-state index contributed by atoms with van der Waals surface area (Å²) in [6.07, 6.45) is 1.04. The second-order valence-electron chi connectivity index (χ2n) is 5.35. The van der Waals surface area contributed by atoms with Gasteiger partial charge in [0.05, 0.1) is 11.1 Å². The van der Waals surface area contributed by atoms with Gasteiger partial charge in [0.1, 0.15) is 5.82 Å². The lowest BCUT2D eigenvalue weighted by Crippen LogP contribution is -2.24. The highest BCUT2D eigenvalue weighted by atomic mass is 35.5. The zero-order valence-corrected chi connectivity index (χ0v) is 13.5. The van der Waals surface area contributed by atoms with Crippen molar-refractivity contribution >= 4 is 11.6 Å². The number of hydrogen-bond donors (Lipinski definition) is 1. The molecule has 0 spiro atoms. The maximum Gasteiger partial charge on any atom is 0.141 e. The van der Waals surface area contributed by atoms with E-state index < -0.39 is 0 Å². The molecule has 0 aliphatic heterocycles. The average molecular weight is 306 g/mol. The fraction of sp³-hybridized carbons (Fsp3) is 0.333. The molecule has 2 aromatic carbocycles. The molecule has 0 aliphatic carbocycles. The fourth-order valence-electron chi connectivity index (χ4n) is 2.47. The minimum atomic E-state index is -0.379. The van der Waals surface area contributed by atoms with Crippen LogP contribution in [0, 0.1) is 19.7 Å². The smallest absolute Gasteiger partial charge is 0.141 e. The van der Waals surface area contributed by atoms with Crippen molar-refractivity contribution in [2.24, 2.45) is 0 Å². The molecule has 2 aromatic rings. The zero-order chi connectivity index (χ0) is 15.4. The van der Waals surface area contributed by atoms with Crippen molar-refractivity contribution in [1.82, 2.24) is 5.32 Å². The highest BCUT2D eigenvalue weighted by molar-refractivity contribution is 6.30. The second-order valence-corrected chi connectivity index (χ2v) is 5.76. The molecule has 1 unspecified atom stereocenters. The van der Waals surface area contributed by atoms with Gasteiger partial charge in [-0.25, -0.2) is 4.39 Å². The molecule has 0 aromatic heterocycles. The first-order chi connectivity index (χ1) is 10.0. The summed E-state index contributed by atoms with van der Waals surface area (Å²) >= 11 is 5.95. The van der Waals surface area contributed by atoms with Gasteiger partial charge in [-0.1, -0.05) is 42.8 Å². The van der Waals surface area contributed by atoms with Gasteiger partial charge in [-0.05, 0) is 61.2 Å². The third-order valence-corrected chi connectivity index (χ3v) is 4.12. The van der Waals surface area contributed by atoms with Gasteiger partial charge in [-0.3, -0.25) is 0 Å². The van der Waals surface area contributed by atoms with Crippen molar-refractivity contribution in [2.45, 2.75) is 33.2 Å². The van der Waals surface area contributed by atoms with Gasteiger partial charge >= 0.3 is 0 Å². The van der Waals surface area contributed by atoms with Crippen molar-refractivity contribution in [2.75, 3.05) is 6.54 Å². The van der Waals surface area contributed by atoms with Crippen LogP contribution in [0.2, 0.25) is 5.02 Å². The van der Waals surface area contributed by atoms with Crippen LogP contribution in [0.5, 0.6) is 0 Å². The van der Waals surface area contributed by atoms with Crippen molar-refractivity contribution in [3.8, 4) is 0 Å². The fourth-order valence-corrected chi connectivity index (χ4v) is 2.66. The van der Waals surface area contributed by atoms with Gasteiger partial charge in [0, 0.05) is 0 Å². The predicted molar refractivity (Wildman–Crippen MR) is 87.5 cm³/mol. The summed E-state index contributed by atoms with van der Waals surface area (Å²) in [5.41, 5.74) is 4.71. The lowest BCUT2D eigenvalue weighted by Gasteiger charge is -2.22. The monoisotopic (exact) mass is 305 g/mol. The molecule has 1 atom stereocenters. The van der Waals surface area contributed by atoms with E-state index in [9.17, 15) is 4.39 Å². The van der Waals surface area contributed by atoms with E-state index in [2.05, 4.69) is 44.3 Å². The molecule has 0 amide bonds. The van der Waals surface area contributed by atoms with Crippen LogP contribution in [0.25, 0.3) is 0 Å². The Morgan fingerprint density at radius 3 is 2.62 bits per heavy atom. The Balaban J connectivity index is 2.47. The topological polar surface area (TPSA) is 12.0 Å². The largest absolute Gasteiger partial charge is 0.306 e. The van der Waals surface area contributed by atoms with E-state index >= 15 is 0 Å². The van der Waals surface area contributed by atoms with E-state index in [-0.39, 0.29) is 16.9 Å². The summed E-state index contributed by atoms with van der Waals surface area (Å²) in [4.78, 5) is 0. The molecule has 0 radical (unpaired) electrons. The van der Waals surface area contributed by atoms with E-state index in [1.807, 2.05) is 0 Å². The first-order valence-corrected chi connectivity index (χ1v) is 7.66. The lowest BCUT2D eigenvalue weighted by atomic mass is 9.92. The van der Waals surface area contributed by atoms with E-state index in [0.29, 0.717) is 0 Å². The Bertz CT molecular complexity index is 625. The van der Waals surface area contributed by atoms with Crippen molar-refractivity contribution < 1.29 is 4.39 Å². The molecule has 0 fully saturated rings. The van der Waals surface area contributed by atoms with E-state index in [4.69, 9.17) is 11.6 Å². The maximum atomic E-state index is 13.4. The van der Waals surface area contributed by atoms with Crippen LogP contribution in [0.4, 0.5) is 4.39 Å². The van der Waals surface area contributed by atoms with Crippen LogP contribution in [0.1, 0.15) is 41.6 Å². The Labute approximate surface area is 131 Å². The molecule has 0 aliphatic rings. The molecule has 2 rings (SSSR count). The first kappa shape index (κ1) is 16.0. The van der Waals surface area contributed by atoms with Gasteiger partial charge in [0.25, 0.3) is 0 Å². The molecule has 0 saturated heterocycles. The summed E-state index contributed by atoms with van der Waals surface area (Å²) < 4.78 is 13.4. The molecule has 21 heavy (non-hydrogen) atoms. The maximum absolute atomic E-state index is 13.4. The van der Waals surface area contributed by atoms with Crippen LogP contribution in [0.3, 0.4) is 0 Å². The Kier molecular flexibility index (Phi) is 5.38.